The zero-order chi connectivity index (χ0) is 10.2. The number of hydrogen-bond acceptors (Lipinski definition) is 2. The molecule has 1 aromatic rings. The Hall–Kier alpha value is -0.930. The molecule has 0 saturated heterocycles. The molecule has 1 aromatic heterocycles. The van der Waals surface area contributed by atoms with Crippen LogP contribution in [0.3, 0.4) is 0 Å². The molecule has 14 heavy (non-hydrogen) atoms. The standard InChI is InChI=1S/C11H18NO2/c1-2-11-5-3-4-6-12(11)7-9-14-10-8-13/h3-6,13H,2,7-10H2,1H3/q+1. The van der Waals surface area contributed by atoms with Gasteiger partial charge in [-0.3, -0.25) is 0 Å². The quantitative estimate of drug-likeness (QED) is 0.532. The van der Waals surface area contributed by atoms with Crippen LogP contribution < -0.4 is 4.57 Å². The number of ether oxygens (including phenoxy) is 1. The maximum absolute atomic E-state index is 8.53. The summed E-state index contributed by atoms with van der Waals surface area (Å²) in [4.78, 5) is 0. The predicted octanol–water partition coefficient (Wildman–Crippen LogP) is 0.545. The molecule has 0 aliphatic heterocycles. The molecule has 3 heteroatoms. The summed E-state index contributed by atoms with van der Waals surface area (Å²) in [5.74, 6) is 0. The van der Waals surface area contributed by atoms with Crippen LogP contribution in [-0.2, 0) is 17.7 Å². The Morgan fingerprint density at radius 3 is 2.93 bits per heavy atom. The third-order valence-electron chi connectivity index (χ3n) is 2.11. The van der Waals surface area contributed by atoms with E-state index in [2.05, 4.69) is 23.8 Å². The minimum Gasteiger partial charge on any atom is -0.394 e. The van der Waals surface area contributed by atoms with E-state index in [1.165, 1.54) is 5.69 Å². The lowest BCUT2D eigenvalue weighted by atomic mass is 10.3. The van der Waals surface area contributed by atoms with Crippen molar-refractivity contribution in [2.45, 2.75) is 19.9 Å². The minimum atomic E-state index is 0.0973. The van der Waals surface area contributed by atoms with Crippen LogP contribution in [0.15, 0.2) is 24.4 Å². The Labute approximate surface area is 85.0 Å². The molecular formula is C11H18NO2+. The van der Waals surface area contributed by atoms with Gasteiger partial charge in [-0.15, -0.1) is 0 Å². The van der Waals surface area contributed by atoms with Gasteiger partial charge in [0.25, 0.3) is 0 Å². The van der Waals surface area contributed by atoms with Crippen LogP contribution in [0, 0.1) is 0 Å². The van der Waals surface area contributed by atoms with Crippen molar-refractivity contribution in [3.63, 3.8) is 0 Å². The van der Waals surface area contributed by atoms with Crippen LogP contribution in [0.25, 0.3) is 0 Å². The number of aromatic nitrogens is 1. The van der Waals surface area contributed by atoms with Gasteiger partial charge in [0.15, 0.2) is 18.4 Å². The fourth-order valence-electron chi connectivity index (χ4n) is 1.38. The van der Waals surface area contributed by atoms with Crippen molar-refractivity contribution in [1.29, 1.82) is 0 Å². The van der Waals surface area contributed by atoms with Crippen LogP contribution >= 0.6 is 0 Å². The van der Waals surface area contributed by atoms with E-state index in [-0.39, 0.29) is 6.61 Å². The zero-order valence-electron chi connectivity index (χ0n) is 8.65. The van der Waals surface area contributed by atoms with Gasteiger partial charge in [0, 0.05) is 18.6 Å². The van der Waals surface area contributed by atoms with Crippen molar-refractivity contribution in [2.75, 3.05) is 19.8 Å². The van der Waals surface area contributed by atoms with Gasteiger partial charge < -0.3 is 9.84 Å². The SMILES string of the molecule is CCc1cccc[n+]1CCOCCO. The van der Waals surface area contributed by atoms with Crippen molar-refractivity contribution in [2.24, 2.45) is 0 Å². The molecule has 0 saturated carbocycles. The van der Waals surface area contributed by atoms with Gasteiger partial charge >= 0.3 is 0 Å². The van der Waals surface area contributed by atoms with E-state index >= 15 is 0 Å². The summed E-state index contributed by atoms with van der Waals surface area (Å²) in [5.41, 5.74) is 1.31. The van der Waals surface area contributed by atoms with Gasteiger partial charge in [-0.05, 0) is 0 Å². The molecule has 0 atom stereocenters. The lowest BCUT2D eigenvalue weighted by molar-refractivity contribution is -0.705. The lowest BCUT2D eigenvalue weighted by Crippen LogP contribution is -2.39. The average Bonchev–Trinajstić information content (AvgIpc) is 2.25. The molecule has 0 radical (unpaired) electrons. The second-order valence-electron chi connectivity index (χ2n) is 3.07. The Morgan fingerprint density at radius 1 is 1.36 bits per heavy atom. The van der Waals surface area contributed by atoms with Gasteiger partial charge in [-0.2, -0.15) is 0 Å². The molecule has 0 spiro atoms. The van der Waals surface area contributed by atoms with E-state index in [4.69, 9.17) is 9.84 Å². The summed E-state index contributed by atoms with van der Waals surface area (Å²) in [5, 5.41) is 8.53. The van der Waals surface area contributed by atoms with Crippen molar-refractivity contribution < 1.29 is 14.4 Å². The van der Waals surface area contributed by atoms with Crippen LogP contribution in [0.5, 0.6) is 0 Å². The first-order valence-electron chi connectivity index (χ1n) is 5.04. The Balaban J connectivity index is 2.41. The van der Waals surface area contributed by atoms with Crippen LogP contribution in [0.4, 0.5) is 0 Å². The number of pyridine rings is 1. The second kappa shape index (κ2) is 6.51. The summed E-state index contributed by atoms with van der Waals surface area (Å²) in [6.07, 6.45) is 3.09. The van der Waals surface area contributed by atoms with E-state index in [1.54, 1.807) is 0 Å². The number of rotatable bonds is 6. The number of hydrogen-bond donors (Lipinski definition) is 1. The molecule has 1 heterocycles. The van der Waals surface area contributed by atoms with Gasteiger partial charge in [0.1, 0.15) is 6.61 Å². The molecule has 3 nitrogen and oxygen atoms in total. The van der Waals surface area contributed by atoms with Crippen LogP contribution in [0.1, 0.15) is 12.6 Å². The molecule has 1 rings (SSSR count). The molecule has 0 aromatic carbocycles. The summed E-state index contributed by atoms with van der Waals surface area (Å²) in [7, 11) is 0. The summed E-state index contributed by atoms with van der Waals surface area (Å²) in [6, 6.07) is 6.18. The molecule has 0 amide bonds. The number of nitrogens with zero attached hydrogens (tertiary/aromatic N) is 1. The van der Waals surface area contributed by atoms with Gasteiger partial charge in [-0.1, -0.05) is 13.0 Å². The third kappa shape index (κ3) is 3.44. The fourth-order valence-corrected chi connectivity index (χ4v) is 1.38. The molecular weight excluding hydrogens is 178 g/mol. The number of aliphatic hydroxyl groups excluding tert-OH is 1. The van der Waals surface area contributed by atoms with E-state index in [0.717, 1.165) is 13.0 Å². The smallest absolute Gasteiger partial charge is 0.181 e. The number of aryl methyl sites for hydroxylation is 1. The summed E-state index contributed by atoms with van der Waals surface area (Å²) < 4.78 is 7.39. The van der Waals surface area contributed by atoms with Crippen molar-refractivity contribution in [1.82, 2.24) is 0 Å². The largest absolute Gasteiger partial charge is 0.394 e. The van der Waals surface area contributed by atoms with Crippen molar-refractivity contribution in [3.05, 3.63) is 30.1 Å². The van der Waals surface area contributed by atoms with Gasteiger partial charge in [0.05, 0.1) is 13.2 Å². The Bertz CT molecular complexity index is 263. The van der Waals surface area contributed by atoms with Crippen LogP contribution in [0.2, 0.25) is 0 Å². The molecule has 78 valence electrons. The maximum Gasteiger partial charge on any atom is 0.181 e. The van der Waals surface area contributed by atoms with Crippen LogP contribution in [-0.4, -0.2) is 24.9 Å². The summed E-state index contributed by atoms with van der Waals surface area (Å²) in [6.45, 7) is 4.17. The molecule has 0 aliphatic rings. The van der Waals surface area contributed by atoms with E-state index in [1.807, 2.05) is 12.1 Å². The lowest BCUT2D eigenvalue weighted by Gasteiger charge is -2.02. The second-order valence-corrected chi connectivity index (χ2v) is 3.07. The molecule has 0 bridgehead atoms. The van der Waals surface area contributed by atoms with Crippen molar-refractivity contribution in [3.8, 4) is 0 Å². The number of aliphatic hydroxyl groups is 1. The minimum absolute atomic E-state index is 0.0973. The first-order chi connectivity index (χ1) is 6.88. The van der Waals surface area contributed by atoms with Gasteiger partial charge in [0.2, 0.25) is 0 Å². The molecule has 0 unspecified atom stereocenters. The van der Waals surface area contributed by atoms with E-state index in [0.29, 0.717) is 13.2 Å². The van der Waals surface area contributed by atoms with E-state index < -0.39 is 0 Å². The molecule has 0 aliphatic carbocycles. The monoisotopic (exact) mass is 196 g/mol. The molecule has 1 N–H and O–H groups in total. The highest BCUT2D eigenvalue weighted by molar-refractivity contribution is 4.96. The topological polar surface area (TPSA) is 33.3 Å². The Kier molecular flexibility index (Phi) is 5.19. The average molecular weight is 196 g/mol. The predicted molar refractivity (Wildman–Crippen MR) is 53.9 cm³/mol. The maximum atomic E-state index is 8.53. The first kappa shape index (κ1) is 11.1. The third-order valence-corrected chi connectivity index (χ3v) is 2.11. The first-order valence-corrected chi connectivity index (χ1v) is 5.04. The van der Waals surface area contributed by atoms with Crippen molar-refractivity contribution >= 4 is 0 Å². The Morgan fingerprint density at radius 2 is 2.21 bits per heavy atom. The zero-order valence-corrected chi connectivity index (χ0v) is 8.65. The highest BCUT2D eigenvalue weighted by Gasteiger charge is 2.05. The fraction of sp³-hybridized carbons (Fsp3) is 0.545. The summed E-state index contributed by atoms with van der Waals surface area (Å²) >= 11 is 0. The highest BCUT2D eigenvalue weighted by atomic mass is 16.5. The van der Waals surface area contributed by atoms with E-state index in [9.17, 15) is 0 Å². The molecule has 0 fully saturated rings. The van der Waals surface area contributed by atoms with Gasteiger partial charge in [-0.25, -0.2) is 4.57 Å². The normalized spacial score (nSPS) is 10.4. The highest BCUT2D eigenvalue weighted by Crippen LogP contribution is 1.91.